The van der Waals surface area contributed by atoms with Crippen LogP contribution in [0.25, 0.3) is 0 Å². The minimum absolute atomic E-state index is 0.0708. The number of fused-ring (bicyclic) bond motifs is 1. The van der Waals surface area contributed by atoms with E-state index in [0.717, 1.165) is 5.56 Å². The minimum Gasteiger partial charge on any atom is -0.383 e. The third-order valence-electron chi connectivity index (χ3n) is 4.18. The van der Waals surface area contributed by atoms with Crippen LogP contribution in [0.2, 0.25) is 0 Å². The van der Waals surface area contributed by atoms with Crippen LogP contribution in [0.1, 0.15) is 46.5 Å². The van der Waals surface area contributed by atoms with Gasteiger partial charge in [-0.25, -0.2) is 0 Å². The number of ether oxygens (including phenoxy) is 1. The maximum Gasteiger partial charge on any atom is 0.261 e. The maximum atomic E-state index is 12.5. The first-order chi connectivity index (χ1) is 11.8. The molecule has 6 heteroatoms. The van der Waals surface area contributed by atoms with Crippen LogP contribution in [0.15, 0.2) is 18.2 Å². The van der Waals surface area contributed by atoms with Crippen molar-refractivity contribution in [2.24, 2.45) is 5.92 Å². The van der Waals surface area contributed by atoms with Gasteiger partial charge in [-0.05, 0) is 25.0 Å². The number of aryl methyl sites for hydroxylation is 1. The molecule has 0 bridgehead atoms. The lowest BCUT2D eigenvalue weighted by Gasteiger charge is -2.25. The standard InChI is InChI=1S/C19H26N2O4/c1-13(2)12-20(9-10-25-4)17(22)7-8-21-18(23)15-6-5-14(3)11-16(15)19(21)24/h5-6,11,13H,7-10,12H2,1-4H3. The molecule has 1 aromatic carbocycles. The number of carbonyl (C=O) groups excluding carboxylic acids is 3. The summed E-state index contributed by atoms with van der Waals surface area (Å²) in [6.45, 7) is 7.66. The van der Waals surface area contributed by atoms with Crippen molar-refractivity contribution in [2.75, 3.05) is 33.4 Å². The molecular formula is C19H26N2O4. The fourth-order valence-corrected chi connectivity index (χ4v) is 2.93. The van der Waals surface area contributed by atoms with E-state index in [9.17, 15) is 14.4 Å². The van der Waals surface area contributed by atoms with E-state index in [2.05, 4.69) is 0 Å². The first-order valence-corrected chi connectivity index (χ1v) is 8.58. The molecule has 1 aromatic rings. The molecule has 1 aliphatic heterocycles. The third kappa shape index (κ3) is 4.45. The Morgan fingerprint density at radius 2 is 1.88 bits per heavy atom. The van der Waals surface area contributed by atoms with Crippen molar-refractivity contribution in [3.63, 3.8) is 0 Å². The van der Waals surface area contributed by atoms with Crippen molar-refractivity contribution in [3.8, 4) is 0 Å². The second-order valence-corrected chi connectivity index (χ2v) is 6.79. The van der Waals surface area contributed by atoms with Crippen molar-refractivity contribution >= 4 is 17.7 Å². The van der Waals surface area contributed by atoms with Crippen LogP contribution in [0.4, 0.5) is 0 Å². The summed E-state index contributed by atoms with van der Waals surface area (Å²) in [5, 5.41) is 0. The molecule has 0 saturated heterocycles. The lowest BCUT2D eigenvalue weighted by atomic mass is 10.1. The molecule has 0 N–H and O–H groups in total. The number of methoxy groups -OCH3 is 1. The number of carbonyl (C=O) groups is 3. The summed E-state index contributed by atoms with van der Waals surface area (Å²) in [5.74, 6) is -0.370. The van der Waals surface area contributed by atoms with Crippen molar-refractivity contribution in [2.45, 2.75) is 27.2 Å². The van der Waals surface area contributed by atoms with Gasteiger partial charge in [0.15, 0.2) is 0 Å². The van der Waals surface area contributed by atoms with Crippen LogP contribution in [0.3, 0.4) is 0 Å². The molecule has 1 aliphatic rings. The number of nitrogens with zero attached hydrogens (tertiary/aromatic N) is 2. The van der Waals surface area contributed by atoms with Gasteiger partial charge in [0.1, 0.15) is 0 Å². The number of hydrogen-bond acceptors (Lipinski definition) is 4. The number of imide groups is 1. The molecule has 0 aliphatic carbocycles. The molecule has 3 amide bonds. The molecule has 136 valence electrons. The molecule has 0 unspecified atom stereocenters. The topological polar surface area (TPSA) is 66.9 Å². The fraction of sp³-hybridized carbons (Fsp3) is 0.526. The van der Waals surface area contributed by atoms with E-state index >= 15 is 0 Å². The third-order valence-corrected chi connectivity index (χ3v) is 4.18. The van der Waals surface area contributed by atoms with Crippen molar-refractivity contribution in [1.82, 2.24) is 9.80 Å². The van der Waals surface area contributed by atoms with E-state index in [4.69, 9.17) is 4.74 Å². The smallest absolute Gasteiger partial charge is 0.261 e. The second kappa shape index (κ2) is 8.25. The summed E-state index contributed by atoms with van der Waals surface area (Å²) in [5.41, 5.74) is 1.78. The summed E-state index contributed by atoms with van der Waals surface area (Å²) in [6, 6.07) is 5.21. The SMILES string of the molecule is COCCN(CC(C)C)C(=O)CCN1C(=O)c2ccc(C)cc2C1=O. The summed E-state index contributed by atoms with van der Waals surface area (Å²) in [6.07, 6.45) is 0.126. The van der Waals surface area contributed by atoms with E-state index in [1.807, 2.05) is 26.8 Å². The van der Waals surface area contributed by atoms with Crippen molar-refractivity contribution in [1.29, 1.82) is 0 Å². The fourth-order valence-electron chi connectivity index (χ4n) is 2.93. The summed E-state index contributed by atoms with van der Waals surface area (Å²) in [4.78, 5) is 40.3. The summed E-state index contributed by atoms with van der Waals surface area (Å²) in [7, 11) is 1.60. The molecule has 0 saturated carbocycles. The molecule has 25 heavy (non-hydrogen) atoms. The largest absolute Gasteiger partial charge is 0.383 e. The van der Waals surface area contributed by atoms with Crippen molar-refractivity contribution < 1.29 is 19.1 Å². The van der Waals surface area contributed by atoms with E-state index < -0.39 is 0 Å². The Bertz CT molecular complexity index is 669. The van der Waals surface area contributed by atoms with Gasteiger partial charge in [-0.2, -0.15) is 0 Å². The van der Waals surface area contributed by atoms with E-state index in [1.54, 1.807) is 24.1 Å². The zero-order valence-corrected chi connectivity index (χ0v) is 15.4. The highest BCUT2D eigenvalue weighted by molar-refractivity contribution is 6.21. The molecular weight excluding hydrogens is 320 g/mol. The lowest BCUT2D eigenvalue weighted by Crippen LogP contribution is -2.39. The lowest BCUT2D eigenvalue weighted by molar-refractivity contribution is -0.132. The number of hydrogen-bond donors (Lipinski definition) is 0. The Balaban J connectivity index is 2.01. The Morgan fingerprint density at radius 1 is 1.20 bits per heavy atom. The van der Waals surface area contributed by atoms with Crippen LogP contribution >= 0.6 is 0 Å². The number of amides is 3. The molecule has 2 rings (SSSR count). The quantitative estimate of drug-likeness (QED) is 0.676. The van der Waals surface area contributed by atoms with Crippen LogP contribution in [0.5, 0.6) is 0 Å². The maximum absolute atomic E-state index is 12.5. The van der Waals surface area contributed by atoms with Gasteiger partial charge in [0, 0.05) is 33.2 Å². The Kier molecular flexibility index (Phi) is 6.31. The molecule has 0 atom stereocenters. The summed E-state index contributed by atoms with van der Waals surface area (Å²) >= 11 is 0. The number of benzene rings is 1. The molecule has 0 radical (unpaired) electrons. The van der Waals surface area contributed by atoms with Gasteiger partial charge in [0.2, 0.25) is 5.91 Å². The van der Waals surface area contributed by atoms with Gasteiger partial charge in [0.25, 0.3) is 11.8 Å². The van der Waals surface area contributed by atoms with Gasteiger partial charge in [0.05, 0.1) is 17.7 Å². The van der Waals surface area contributed by atoms with E-state index in [1.165, 1.54) is 4.90 Å². The highest BCUT2D eigenvalue weighted by atomic mass is 16.5. The average molecular weight is 346 g/mol. The van der Waals surface area contributed by atoms with Crippen LogP contribution in [-0.2, 0) is 9.53 Å². The molecule has 0 spiro atoms. The first kappa shape index (κ1) is 19.1. The highest BCUT2D eigenvalue weighted by Crippen LogP contribution is 2.24. The second-order valence-electron chi connectivity index (χ2n) is 6.79. The molecule has 6 nitrogen and oxygen atoms in total. The molecule has 0 aromatic heterocycles. The predicted molar refractivity (Wildman–Crippen MR) is 94.5 cm³/mol. The monoisotopic (exact) mass is 346 g/mol. The molecule has 0 fully saturated rings. The zero-order valence-electron chi connectivity index (χ0n) is 15.4. The Hall–Kier alpha value is -2.21. The van der Waals surface area contributed by atoms with Gasteiger partial charge < -0.3 is 9.64 Å². The minimum atomic E-state index is -0.319. The highest BCUT2D eigenvalue weighted by Gasteiger charge is 2.35. The normalized spacial score (nSPS) is 13.6. The van der Waals surface area contributed by atoms with Crippen LogP contribution in [-0.4, -0.2) is 60.9 Å². The number of rotatable bonds is 8. The van der Waals surface area contributed by atoms with E-state index in [0.29, 0.717) is 36.7 Å². The zero-order chi connectivity index (χ0) is 18.6. The predicted octanol–water partition coefficient (Wildman–Crippen LogP) is 2.11. The van der Waals surface area contributed by atoms with Gasteiger partial charge >= 0.3 is 0 Å². The van der Waals surface area contributed by atoms with Gasteiger partial charge in [-0.15, -0.1) is 0 Å². The Labute approximate surface area is 148 Å². The van der Waals surface area contributed by atoms with Gasteiger partial charge in [-0.3, -0.25) is 19.3 Å². The van der Waals surface area contributed by atoms with Crippen LogP contribution < -0.4 is 0 Å². The summed E-state index contributed by atoms with van der Waals surface area (Å²) < 4.78 is 5.06. The first-order valence-electron chi connectivity index (χ1n) is 8.58. The molecule has 1 heterocycles. The Morgan fingerprint density at radius 3 is 2.52 bits per heavy atom. The van der Waals surface area contributed by atoms with Crippen LogP contribution in [0, 0.1) is 12.8 Å². The average Bonchev–Trinajstić information content (AvgIpc) is 2.79. The van der Waals surface area contributed by atoms with Gasteiger partial charge in [-0.1, -0.05) is 25.5 Å². The van der Waals surface area contributed by atoms with E-state index in [-0.39, 0.29) is 30.7 Å². The van der Waals surface area contributed by atoms with Crippen molar-refractivity contribution in [3.05, 3.63) is 34.9 Å².